The number of nitrogens with zero attached hydrogens (tertiary/aromatic N) is 2. The zero-order valence-corrected chi connectivity index (χ0v) is 28.5. The van der Waals surface area contributed by atoms with E-state index in [9.17, 15) is 0 Å². The minimum Gasteiger partial charge on any atom is -0.252 e. The Bertz CT molecular complexity index is 1010. The van der Waals surface area contributed by atoms with E-state index in [0.29, 0.717) is 0 Å². The van der Waals surface area contributed by atoms with Crippen molar-refractivity contribution in [2.45, 2.75) is 170 Å². The van der Waals surface area contributed by atoms with E-state index in [2.05, 4.69) is 77.9 Å². The van der Waals surface area contributed by atoms with Crippen LogP contribution in [-0.2, 0) is 25.7 Å². The Balaban J connectivity index is 2.58. The van der Waals surface area contributed by atoms with Gasteiger partial charge < -0.3 is 0 Å². The van der Waals surface area contributed by atoms with E-state index in [1.165, 1.54) is 111 Å². The highest BCUT2D eigenvalue weighted by Crippen LogP contribution is 2.26. The van der Waals surface area contributed by atoms with Gasteiger partial charge in [-0.15, -0.1) is 0 Å². The molecule has 0 saturated heterocycles. The summed E-state index contributed by atoms with van der Waals surface area (Å²) >= 11 is 0. The molecule has 0 spiro atoms. The van der Waals surface area contributed by atoms with Gasteiger partial charge in [0.2, 0.25) is 0 Å². The molecule has 2 aromatic rings. The number of aryl methyl sites for hydroxylation is 4. The Labute approximate surface area is 260 Å². The van der Waals surface area contributed by atoms with Gasteiger partial charge in [-0.05, 0) is 124 Å². The van der Waals surface area contributed by atoms with Crippen molar-refractivity contribution < 1.29 is 0 Å². The molecule has 0 radical (unpaired) electrons. The van der Waals surface area contributed by atoms with Gasteiger partial charge in [-0.2, -0.15) is 0 Å². The maximum atomic E-state index is 5.45. The molecule has 0 bridgehead atoms. The number of hydrogen-bond acceptors (Lipinski definition) is 2. The minimum atomic E-state index is 1.00. The van der Waals surface area contributed by atoms with Crippen molar-refractivity contribution in [2.75, 3.05) is 0 Å². The van der Waals surface area contributed by atoms with E-state index < -0.39 is 0 Å². The van der Waals surface area contributed by atoms with Gasteiger partial charge >= 0.3 is 0 Å². The quantitative estimate of drug-likeness (QED) is 0.0934. The highest BCUT2D eigenvalue weighted by Gasteiger charge is 2.12. The molecule has 0 heterocycles. The summed E-state index contributed by atoms with van der Waals surface area (Å²) in [7, 11) is 0. The van der Waals surface area contributed by atoms with Crippen LogP contribution in [0, 0.1) is 0 Å². The number of aliphatic imine (C=N–C) groups is 2. The molecule has 0 aliphatic carbocycles. The van der Waals surface area contributed by atoms with Crippen LogP contribution in [0.25, 0.3) is 0 Å². The summed E-state index contributed by atoms with van der Waals surface area (Å²) < 4.78 is 0. The molecule has 2 rings (SSSR count). The standard InChI is InChI=1S/C40H64N2/c1-7-13-19-23-35-28-36(24-20-14-8-2)32-38(31-35)42-40(26-18-12-6)39(25-17-11-5)41-37-29-33(21-15-9-3)27-34(30-37)22-16-10-4/h27-32H,7-26H2,1-6H3. The predicted octanol–water partition coefficient (Wildman–Crippen LogP) is 13.1. The fourth-order valence-electron chi connectivity index (χ4n) is 5.64. The number of hydrogen-bond donors (Lipinski definition) is 0. The first-order valence-corrected chi connectivity index (χ1v) is 18.0. The third-order valence-electron chi connectivity index (χ3n) is 8.25. The molecule has 234 valence electrons. The maximum Gasteiger partial charge on any atom is 0.0639 e. The van der Waals surface area contributed by atoms with Gasteiger partial charge in [0.05, 0.1) is 22.8 Å². The second-order valence-electron chi connectivity index (χ2n) is 12.5. The topological polar surface area (TPSA) is 24.7 Å². The highest BCUT2D eigenvalue weighted by atomic mass is 14.8. The molecule has 0 N–H and O–H groups in total. The minimum absolute atomic E-state index is 1.00. The summed E-state index contributed by atoms with van der Waals surface area (Å²) in [5, 5.41) is 0. The lowest BCUT2D eigenvalue weighted by atomic mass is 9.99. The van der Waals surface area contributed by atoms with Gasteiger partial charge in [0.1, 0.15) is 0 Å². The van der Waals surface area contributed by atoms with Crippen molar-refractivity contribution in [3.8, 4) is 0 Å². The predicted molar refractivity (Wildman–Crippen MR) is 190 cm³/mol. The summed E-state index contributed by atoms with van der Waals surface area (Å²) in [4.78, 5) is 10.9. The molecule has 0 amide bonds. The van der Waals surface area contributed by atoms with E-state index in [0.717, 1.165) is 62.7 Å². The first-order valence-electron chi connectivity index (χ1n) is 18.0. The van der Waals surface area contributed by atoms with Crippen LogP contribution < -0.4 is 0 Å². The number of rotatable bonds is 23. The molecule has 0 fully saturated rings. The monoisotopic (exact) mass is 573 g/mol. The van der Waals surface area contributed by atoms with Gasteiger partial charge in [0, 0.05) is 0 Å². The summed E-state index contributed by atoms with van der Waals surface area (Å²) in [5.41, 5.74) is 10.5. The number of unbranched alkanes of at least 4 members (excludes halogenated alkanes) is 8. The summed E-state index contributed by atoms with van der Waals surface area (Å²) in [6, 6.07) is 14.4. The smallest absolute Gasteiger partial charge is 0.0639 e. The summed E-state index contributed by atoms with van der Waals surface area (Å²) in [6.45, 7) is 13.7. The molecule has 0 saturated carbocycles. The van der Waals surface area contributed by atoms with Crippen molar-refractivity contribution in [2.24, 2.45) is 9.98 Å². The fraction of sp³-hybridized carbons (Fsp3) is 0.650. The highest BCUT2D eigenvalue weighted by molar-refractivity contribution is 6.43. The van der Waals surface area contributed by atoms with E-state index in [1.807, 2.05) is 0 Å². The lowest BCUT2D eigenvalue weighted by Gasteiger charge is -2.14. The number of benzene rings is 2. The lowest BCUT2D eigenvalue weighted by molar-refractivity contribution is 0.709. The van der Waals surface area contributed by atoms with Crippen LogP contribution in [0.5, 0.6) is 0 Å². The van der Waals surface area contributed by atoms with Crippen LogP contribution >= 0.6 is 0 Å². The van der Waals surface area contributed by atoms with Crippen molar-refractivity contribution in [3.63, 3.8) is 0 Å². The Morgan fingerprint density at radius 2 is 0.690 bits per heavy atom. The molecule has 0 aliphatic heterocycles. The van der Waals surface area contributed by atoms with Crippen molar-refractivity contribution in [3.05, 3.63) is 58.7 Å². The van der Waals surface area contributed by atoms with Gasteiger partial charge in [-0.25, -0.2) is 0 Å². The van der Waals surface area contributed by atoms with Crippen LogP contribution in [0.15, 0.2) is 46.4 Å². The fourth-order valence-corrected chi connectivity index (χ4v) is 5.64. The van der Waals surface area contributed by atoms with E-state index in [4.69, 9.17) is 9.98 Å². The van der Waals surface area contributed by atoms with E-state index >= 15 is 0 Å². The summed E-state index contributed by atoms with van der Waals surface area (Å²) in [6.07, 6.45) is 23.8. The average Bonchev–Trinajstić information content (AvgIpc) is 2.99. The normalized spacial score (nSPS) is 12.3. The molecule has 42 heavy (non-hydrogen) atoms. The van der Waals surface area contributed by atoms with Gasteiger partial charge in [-0.1, -0.05) is 105 Å². The van der Waals surface area contributed by atoms with Crippen molar-refractivity contribution >= 4 is 22.8 Å². The molecule has 2 heteroatoms. The van der Waals surface area contributed by atoms with Crippen molar-refractivity contribution in [1.29, 1.82) is 0 Å². The third-order valence-corrected chi connectivity index (χ3v) is 8.25. The van der Waals surface area contributed by atoms with Gasteiger partial charge in [0.15, 0.2) is 0 Å². The van der Waals surface area contributed by atoms with Crippen LogP contribution in [0.4, 0.5) is 11.4 Å². The largest absolute Gasteiger partial charge is 0.252 e. The molecular weight excluding hydrogens is 508 g/mol. The molecule has 0 atom stereocenters. The molecular formula is C40H64N2. The molecule has 2 aromatic carbocycles. The van der Waals surface area contributed by atoms with E-state index in [1.54, 1.807) is 0 Å². The molecule has 0 unspecified atom stereocenters. The maximum absolute atomic E-state index is 5.45. The van der Waals surface area contributed by atoms with Crippen LogP contribution in [0.3, 0.4) is 0 Å². The first kappa shape index (κ1) is 36.0. The second kappa shape index (κ2) is 22.3. The zero-order valence-electron chi connectivity index (χ0n) is 28.5. The Morgan fingerprint density at radius 3 is 1.00 bits per heavy atom. The molecule has 0 aliphatic rings. The zero-order chi connectivity index (χ0) is 30.4. The lowest BCUT2D eigenvalue weighted by Crippen LogP contribution is -2.14. The van der Waals surface area contributed by atoms with E-state index in [-0.39, 0.29) is 0 Å². The Kier molecular flexibility index (Phi) is 19.1. The molecule has 0 aromatic heterocycles. The van der Waals surface area contributed by atoms with Gasteiger partial charge in [-0.3, -0.25) is 9.98 Å². The van der Waals surface area contributed by atoms with Crippen molar-refractivity contribution in [1.82, 2.24) is 0 Å². The SMILES string of the molecule is CCCCCc1cc(CCCCC)cc(N=C(CCCC)C(CCCC)=Nc2cc(CCCC)cc(CCCC)c2)c1. The van der Waals surface area contributed by atoms with Crippen LogP contribution in [-0.4, -0.2) is 11.4 Å². The Hall–Kier alpha value is -2.22. The second-order valence-corrected chi connectivity index (χ2v) is 12.5. The van der Waals surface area contributed by atoms with Crippen LogP contribution in [0.2, 0.25) is 0 Å². The molecule has 2 nitrogen and oxygen atoms in total. The van der Waals surface area contributed by atoms with Gasteiger partial charge in [0.25, 0.3) is 0 Å². The Morgan fingerprint density at radius 1 is 0.381 bits per heavy atom. The first-order chi connectivity index (χ1) is 20.6. The summed E-state index contributed by atoms with van der Waals surface area (Å²) in [5.74, 6) is 0. The van der Waals surface area contributed by atoms with Crippen LogP contribution in [0.1, 0.15) is 167 Å². The third kappa shape index (κ3) is 14.3. The average molecular weight is 573 g/mol.